The largest absolute Gasteiger partial charge is 0.485 e. The molecule has 0 saturated heterocycles. The highest BCUT2D eigenvalue weighted by atomic mass is 35.5. The zero-order valence-corrected chi connectivity index (χ0v) is 20.0. The van der Waals surface area contributed by atoms with E-state index >= 15 is 0 Å². The number of para-hydroxylation sites is 1. The van der Waals surface area contributed by atoms with E-state index in [9.17, 15) is 4.79 Å². The molecular formula is C25H23Cl2N3O3. The first-order chi connectivity index (χ1) is 15.8. The van der Waals surface area contributed by atoms with Gasteiger partial charge in [-0.2, -0.15) is 5.10 Å². The number of halogens is 2. The molecule has 0 atom stereocenters. The number of hydrogen-bond donors (Lipinski definition) is 1. The number of ether oxygens (including phenoxy) is 1. The van der Waals surface area contributed by atoms with Gasteiger partial charge < -0.3 is 14.5 Å². The minimum atomic E-state index is -0.395. The number of carbonyl (C=O) groups is 1. The second-order valence-electron chi connectivity index (χ2n) is 7.76. The van der Waals surface area contributed by atoms with Gasteiger partial charge in [0.15, 0.2) is 11.6 Å². The molecule has 33 heavy (non-hydrogen) atoms. The van der Waals surface area contributed by atoms with Crippen molar-refractivity contribution < 1.29 is 13.9 Å². The Morgan fingerprint density at radius 1 is 1.03 bits per heavy atom. The lowest BCUT2D eigenvalue weighted by Gasteiger charge is -2.10. The molecule has 0 fully saturated rings. The van der Waals surface area contributed by atoms with Crippen molar-refractivity contribution in [1.29, 1.82) is 0 Å². The van der Waals surface area contributed by atoms with E-state index in [1.165, 1.54) is 0 Å². The molecule has 6 nitrogen and oxygen atoms in total. The smallest absolute Gasteiger partial charge is 0.292 e. The van der Waals surface area contributed by atoms with Crippen molar-refractivity contribution in [3.05, 3.63) is 98.5 Å². The van der Waals surface area contributed by atoms with Crippen LogP contribution in [-0.4, -0.2) is 15.7 Å². The first-order valence-corrected chi connectivity index (χ1v) is 11.1. The van der Waals surface area contributed by atoms with Gasteiger partial charge in [0.25, 0.3) is 5.91 Å². The van der Waals surface area contributed by atoms with Gasteiger partial charge in [0.05, 0.1) is 6.54 Å². The molecule has 0 saturated carbocycles. The number of anilines is 1. The Balaban J connectivity index is 1.41. The fraction of sp³-hybridized carbons (Fsp3) is 0.200. The summed E-state index contributed by atoms with van der Waals surface area (Å²) >= 11 is 12.5. The van der Waals surface area contributed by atoms with Crippen molar-refractivity contribution in [2.24, 2.45) is 0 Å². The summed E-state index contributed by atoms with van der Waals surface area (Å²) in [6.45, 7) is 6.49. The van der Waals surface area contributed by atoms with E-state index in [0.29, 0.717) is 28.2 Å². The molecule has 0 radical (unpaired) electrons. The monoisotopic (exact) mass is 483 g/mol. The lowest BCUT2D eigenvalue weighted by molar-refractivity contribution is 0.0992. The van der Waals surface area contributed by atoms with Crippen LogP contribution < -0.4 is 10.1 Å². The molecular weight excluding hydrogens is 461 g/mol. The van der Waals surface area contributed by atoms with Crippen LogP contribution in [0.4, 0.5) is 5.82 Å². The molecule has 4 aromatic rings. The highest BCUT2D eigenvalue weighted by Crippen LogP contribution is 2.26. The summed E-state index contributed by atoms with van der Waals surface area (Å²) in [7, 11) is 0. The van der Waals surface area contributed by atoms with Crippen molar-refractivity contribution in [2.45, 2.75) is 33.9 Å². The van der Waals surface area contributed by atoms with E-state index in [0.717, 1.165) is 28.1 Å². The molecule has 2 aromatic carbocycles. The lowest BCUT2D eigenvalue weighted by atomic mass is 10.1. The normalized spacial score (nSPS) is 10.9. The summed E-state index contributed by atoms with van der Waals surface area (Å²) < 4.78 is 13.3. The third kappa shape index (κ3) is 5.24. The van der Waals surface area contributed by atoms with Gasteiger partial charge in [0, 0.05) is 27.4 Å². The van der Waals surface area contributed by atoms with Crippen LogP contribution in [0.25, 0.3) is 0 Å². The van der Waals surface area contributed by atoms with Crippen LogP contribution >= 0.6 is 23.2 Å². The highest BCUT2D eigenvalue weighted by Gasteiger charge is 2.16. The standard InChI is InChI=1S/C25H23Cl2N3O3/c1-15-6-4-7-16(2)24(15)32-14-18-10-11-22(33-18)25(31)28-23-12-17(3)30(29-23)13-19-20(26)8-5-9-21(19)27/h4-12H,13-14H2,1-3H3,(H,28,29,31). The summed E-state index contributed by atoms with van der Waals surface area (Å²) in [5.74, 6) is 1.56. The lowest BCUT2D eigenvalue weighted by Crippen LogP contribution is -2.12. The Morgan fingerprint density at radius 3 is 2.39 bits per heavy atom. The number of aryl methyl sites for hydroxylation is 3. The van der Waals surface area contributed by atoms with E-state index in [2.05, 4.69) is 10.4 Å². The van der Waals surface area contributed by atoms with Gasteiger partial charge in [-0.3, -0.25) is 9.48 Å². The quantitative estimate of drug-likeness (QED) is 0.321. The average molecular weight is 484 g/mol. The van der Waals surface area contributed by atoms with Gasteiger partial charge in [-0.05, 0) is 56.2 Å². The Morgan fingerprint density at radius 2 is 1.70 bits per heavy atom. The fourth-order valence-electron chi connectivity index (χ4n) is 3.49. The fourth-order valence-corrected chi connectivity index (χ4v) is 4.01. The number of carbonyl (C=O) groups excluding carboxylic acids is 1. The summed E-state index contributed by atoms with van der Waals surface area (Å²) in [6, 6.07) is 16.4. The van der Waals surface area contributed by atoms with Crippen LogP contribution in [0.15, 0.2) is 59.0 Å². The Bertz CT molecular complexity index is 1270. The molecule has 2 aromatic heterocycles. The van der Waals surface area contributed by atoms with Gasteiger partial charge in [-0.25, -0.2) is 0 Å². The number of benzene rings is 2. The van der Waals surface area contributed by atoms with Gasteiger partial charge in [0.1, 0.15) is 18.1 Å². The van der Waals surface area contributed by atoms with E-state index in [1.807, 2.05) is 39.0 Å². The van der Waals surface area contributed by atoms with Gasteiger partial charge in [-0.15, -0.1) is 0 Å². The minimum Gasteiger partial charge on any atom is -0.485 e. The third-order valence-electron chi connectivity index (χ3n) is 5.25. The number of rotatable bonds is 7. The SMILES string of the molecule is Cc1cccc(C)c1OCc1ccc(C(=O)Nc2cc(C)n(Cc3c(Cl)cccc3Cl)n2)o1. The summed E-state index contributed by atoms with van der Waals surface area (Å²) in [6.07, 6.45) is 0. The number of aromatic nitrogens is 2. The predicted octanol–water partition coefficient (Wildman–Crippen LogP) is 6.59. The molecule has 4 rings (SSSR count). The second kappa shape index (κ2) is 9.73. The number of nitrogens with one attached hydrogen (secondary N) is 1. The summed E-state index contributed by atoms with van der Waals surface area (Å²) in [4.78, 5) is 12.7. The van der Waals surface area contributed by atoms with E-state index < -0.39 is 5.91 Å². The van der Waals surface area contributed by atoms with Crippen LogP contribution in [0.2, 0.25) is 10.0 Å². The first-order valence-electron chi connectivity index (χ1n) is 10.4. The molecule has 8 heteroatoms. The van der Waals surface area contributed by atoms with Crippen molar-refractivity contribution in [3.8, 4) is 5.75 Å². The molecule has 0 aliphatic carbocycles. The molecule has 0 bridgehead atoms. The van der Waals surface area contributed by atoms with Crippen LogP contribution in [0.5, 0.6) is 5.75 Å². The van der Waals surface area contributed by atoms with Gasteiger partial charge >= 0.3 is 0 Å². The first kappa shape index (κ1) is 23.0. The Kier molecular flexibility index (Phi) is 6.77. The van der Waals surface area contributed by atoms with Crippen LogP contribution in [0.3, 0.4) is 0 Å². The van der Waals surface area contributed by atoms with Crippen LogP contribution in [-0.2, 0) is 13.2 Å². The molecule has 0 aliphatic heterocycles. The topological polar surface area (TPSA) is 69.3 Å². The van der Waals surface area contributed by atoms with E-state index in [-0.39, 0.29) is 12.4 Å². The number of furan rings is 1. The van der Waals surface area contributed by atoms with Crippen LogP contribution in [0.1, 0.15) is 38.7 Å². The number of amides is 1. The Hall–Kier alpha value is -3.22. The maximum Gasteiger partial charge on any atom is 0.292 e. The zero-order chi connectivity index (χ0) is 23.5. The van der Waals surface area contributed by atoms with E-state index in [4.69, 9.17) is 32.4 Å². The molecule has 1 N–H and O–H groups in total. The number of hydrogen-bond acceptors (Lipinski definition) is 4. The van der Waals surface area contributed by atoms with Crippen molar-refractivity contribution in [3.63, 3.8) is 0 Å². The minimum absolute atomic E-state index is 0.177. The van der Waals surface area contributed by atoms with Gasteiger partial charge in [0.2, 0.25) is 0 Å². The highest BCUT2D eigenvalue weighted by molar-refractivity contribution is 6.35. The molecule has 2 heterocycles. The van der Waals surface area contributed by atoms with E-state index in [1.54, 1.807) is 41.1 Å². The molecule has 0 aliphatic rings. The molecule has 0 unspecified atom stereocenters. The van der Waals surface area contributed by atoms with Crippen molar-refractivity contribution in [2.75, 3.05) is 5.32 Å². The molecule has 0 spiro atoms. The van der Waals surface area contributed by atoms with Gasteiger partial charge in [-0.1, -0.05) is 47.5 Å². The maximum absolute atomic E-state index is 12.7. The Labute approximate surface area is 202 Å². The predicted molar refractivity (Wildman–Crippen MR) is 129 cm³/mol. The molecule has 1 amide bonds. The summed E-state index contributed by atoms with van der Waals surface area (Å²) in [5, 5.41) is 8.35. The molecule has 170 valence electrons. The average Bonchev–Trinajstić information content (AvgIpc) is 3.37. The van der Waals surface area contributed by atoms with Crippen molar-refractivity contribution in [1.82, 2.24) is 9.78 Å². The second-order valence-corrected chi connectivity index (χ2v) is 8.57. The zero-order valence-electron chi connectivity index (χ0n) is 18.5. The maximum atomic E-state index is 12.7. The third-order valence-corrected chi connectivity index (χ3v) is 5.95. The summed E-state index contributed by atoms with van der Waals surface area (Å²) in [5.41, 5.74) is 3.71. The number of nitrogens with zero attached hydrogens (tertiary/aromatic N) is 2. The van der Waals surface area contributed by atoms with Crippen LogP contribution in [0, 0.1) is 20.8 Å². The van der Waals surface area contributed by atoms with Crippen molar-refractivity contribution >= 4 is 34.9 Å².